The fourth-order valence-electron chi connectivity index (χ4n) is 4.56. The molecule has 1 aromatic rings. The first-order valence-corrected chi connectivity index (χ1v) is 9.17. The molecule has 1 aromatic heterocycles. The van der Waals surface area contributed by atoms with Crippen LogP contribution in [0.2, 0.25) is 0 Å². The number of aromatic nitrogens is 2. The first-order chi connectivity index (χ1) is 11.9. The Balaban J connectivity index is 1.71. The van der Waals surface area contributed by atoms with Crippen LogP contribution in [0.5, 0.6) is 0 Å². The van der Waals surface area contributed by atoms with Crippen LogP contribution < -0.4 is 5.32 Å². The van der Waals surface area contributed by atoms with Crippen LogP contribution in [0.15, 0.2) is 6.33 Å². The summed E-state index contributed by atoms with van der Waals surface area (Å²) in [6.45, 7) is 6.24. The second kappa shape index (κ2) is 7.20. The lowest BCUT2D eigenvalue weighted by Gasteiger charge is -2.42. The van der Waals surface area contributed by atoms with Gasteiger partial charge in [0, 0.05) is 20.4 Å². The minimum atomic E-state index is -0.171. The van der Waals surface area contributed by atoms with Gasteiger partial charge in [-0.15, -0.1) is 0 Å². The molecule has 6 heteroatoms. The Labute approximate surface area is 148 Å². The van der Waals surface area contributed by atoms with Crippen molar-refractivity contribution in [3.63, 3.8) is 0 Å². The van der Waals surface area contributed by atoms with Gasteiger partial charge >= 0.3 is 0 Å². The molecule has 0 amide bonds. The molecule has 1 N–H and O–H groups in total. The third-order valence-electron chi connectivity index (χ3n) is 5.86. The van der Waals surface area contributed by atoms with Crippen molar-refractivity contribution in [2.45, 2.75) is 59.0 Å². The maximum absolute atomic E-state index is 12.0. The molecule has 0 unspecified atom stereocenters. The fourth-order valence-corrected chi connectivity index (χ4v) is 4.56. The van der Waals surface area contributed by atoms with Gasteiger partial charge in [-0.3, -0.25) is 14.4 Å². The van der Waals surface area contributed by atoms with Crippen molar-refractivity contribution in [2.75, 3.05) is 6.54 Å². The van der Waals surface area contributed by atoms with E-state index in [1.807, 2.05) is 4.57 Å². The highest BCUT2D eigenvalue weighted by molar-refractivity contribution is 6.04. The molecular formula is C19H27N3O3. The normalized spacial score (nSPS) is 29.1. The Hall–Kier alpha value is -1.82. The molecule has 2 heterocycles. The number of carbonyl (C=O) groups is 3. The number of nitrogens with one attached hydrogen (secondary N) is 1. The van der Waals surface area contributed by atoms with Gasteiger partial charge in [0.1, 0.15) is 17.2 Å². The molecule has 1 saturated carbocycles. The molecule has 0 bridgehead atoms. The van der Waals surface area contributed by atoms with E-state index in [-0.39, 0.29) is 29.1 Å². The average Bonchev–Trinajstić information content (AvgIpc) is 2.98. The SMILES string of the molecule is CC(=O)c1ncn(C[C@H]2CC[C@H]3CN[C@H](C(C)=O)C[C@H]3C2)c1C(C)=O. The molecule has 4 atom stereocenters. The Bertz CT molecular complexity index is 694. The van der Waals surface area contributed by atoms with Crippen LogP contribution in [0.3, 0.4) is 0 Å². The van der Waals surface area contributed by atoms with Gasteiger partial charge in [-0.25, -0.2) is 4.98 Å². The number of nitrogens with zero attached hydrogens (tertiary/aromatic N) is 2. The number of hydrogen-bond acceptors (Lipinski definition) is 5. The first-order valence-electron chi connectivity index (χ1n) is 9.17. The summed E-state index contributed by atoms with van der Waals surface area (Å²) in [7, 11) is 0. The Morgan fingerprint density at radius 3 is 2.52 bits per heavy atom. The molecule has 1 saturated heterocycles. The molecule has 1 aliphatic heterocycles. The zero-order chi connectivity index (χ0) is 18.1. The second-order valence-corrected chi connectivity index (χ2v) is 7.71. The van der Waals surface area contributed by atoms with Crippen LogP contribution in [0.25, 0.3) is 0 Å². The van der Waals surface area contributed by atoms with Crippen molar-refractivity contribution >= 4 is 17.3 Å². The van der Waals surface area contributed by atoms with E-state index in [1.165, 1.54) is 13.8 Å². The maximum atomic E-state index is 12.0. The smallest absolute Gasteiger partial charge is 0.180 e. The van der Waals surface area contributed by atoms with E-state index in [4.69, 9.17) is 0 Å². The van der Waals surface area contributed by atoms with E-state index in [2.05, 4.69) is 10.3 Å². The van der Waals surface area contributed by atoms with Gasteiger partial charge in [-0.2, -0.15) is 0 Å². The summed E-state index contributed by atoms with van der Waals surface area (Å²) in [4.78, 5) is 39.5. The molecule has 3 rings (SSSR count). The monoisotopic (exact) mass is 345 g/mol. The maximum Gasteiger partial charge on any atom is 0.180 e. The quantitative estimate of drug-likeness (QED) is 0.828. The standard InChI is InChI=1S/C19H27N3O3/c1-11(23)17-7-16-6-14(4-5-15(16)8-20-17)9-22-10-21-18(12(2)24)19(22)13(3)25/h10,14-17,20H,4-9H2,1-3H3/t14-,15-,16+,17-/m0/s1. The summed E-state index contributed by atoms with van der Waals surface area (Å²) in [6.07, 6.45) is 5.87. The molecule has 0 aromatic carbocycles. The molecule has 1 aliphatic carbocycles. The summed E-state index contributed by atoms with van der Waals surface area (Å²) >= 11 is 0. The van der Waals surface area contributed by atoms with Gasteiger partial charge < -0.3 is 9.88 Å². The number of carbonyl (C=O) groups excluding carboxylic acids is 3. The Morgan fingerprint density at radius 2 is 1.88 bits per heavy atom. The lowest BCUT2D eigenvalue weighted by Crippen LogP contribution is -2.49. The van der Waals surface area contributed by atoms with Crippen LogP contribution >= 0.6 is 0 Å². The third-order valence-corrected chi connectivity index (χ3v) is 5.86. The van der Waals surface area contributed by atoms with Crippen LogP contribution in [-0.2, 0) is 11.3 Å². The van der Waals surface area contributed by atoms with Crippen molar-refractivity contribution in [2.24, 2.45) is 17.8 Å². The number of imidazole rings is 1. The minimum absolute atomic E-state index is 0.00894. The van der Waals surface area contributed by atoms with E-state index < -0.39 is 0 Å². The lowest BCUT2D eigenvalue weighted by atomic mass is 9.69. The summed E-state index contributed by atoms with van der Waals surface area (Å²) in [5.74, 6) is 1.60. The van der Waals surface area contributed by atoms with Crippen molar-refractivity contribution in [1.82, 2.24) is 14.9 Å². The number of fused-ring (bicyclic) bond motifs is 1. The van der Waals surface area contributed by atoms with Crippen LogP contribution in [0.4, 0.5) is 0 Å². The second-order valence-electron chi connectivity index (χ2n) is 7.71. The van der Waals surface area contributed by atoms with Gasteiger partial charge in [0.05, 0.1) is 12.4 Å². The van der Waals surface area contributed by atoms with E-state index in [0.717, 1.165) is 38.8 Å². The topological polar surface area (TPSA) is 81.1 Å². The van der Waals surface area contributed by atoms with Gasteiger partial charge in [0.2, 0.25) is 0 Å². The zero-order valence-corrected chi connectivity index (χ0v) is 15.2. The number of ketones is 3. The largest absolute Gasteiger partial charge is 0.327 e. The highest BCUT2D eigenvalue weighted by atomic mass is 16.1. The van der Waals surface area contributed by atoms with Gasteiger partial charge in [-0.05, 0) is 56.9 Å². The molecule has 2 fully saturated rings. The van der Waals surface area contributed by atoms with Gasteiger partial charge in [-0.1, -0.05) is 0 Å². The fraction of sp³-hybridized carbons (Fsp3) is 0.684. The number of hydrogen-bond donors (Lipinski definition) is 1. The molecule has 2 aliphatic rings. The first kappa shape index (κ1) is 18.0. The van der Waals surface area contributed by atoms with Gasteiger partial charge in [0.15, 0.2) is 11.6 Å². The predicted octanol–water partition coefficient (Wildman–Crippen LogP) is 2.27. The lowest BCUT2D eigenvalue weighted by molar-refractivity contribution is -0.120. The zero-order valence-electron chi connectivity index (χ0n) is 15.2. The average molecular weight is 345 g/mol. The Morgan fingerprint density at radius 1 is 1.12 bits per heavy atom. The van der Waals surface area contributed by atoms with Crippen molar-refractivity contribution < 1.29 is 14.4 Å². The summed E-state index contributed by atoms with van der Waals surface area (Å²) in [5.41, 5.74) is 0.709. The van der Waals surface area contributed by atoms with Crippen LogP contribution in [-0.4, -0.2) is 39.5 Å². The minimum Gasteiger partial charge on any atom is -0.327 e. The summed E-state index contributed by atoms with van der Waals surface area (Å²) in [5, 5.41) is 3.38. The molecule has 0 spiro atoms. The van der Waals surface area contributed by atoms with E-state index in [9.17, 15) is 14.4 Å². The molecular weight excluding hydrogens is 318 g/mol. The van der Waals surface area contributed by atoms with Crippen molar-refractivity contribution in [3.8, 4) is 0 Å². The van der Waals surface area contributed by atoms with E-state index in [0.29, 0.717) is 23.4 Å². The van der Waals surface area contributed by atoms with Crippen molar-refractivity contribution in [1.29, 1.82) is 0 Å². The summed E-state index contributed by atoms with van der Waals surface area (Å²) in [6, 6.07) is -0.00894. The molecule has 136 valence electrons. The number of Topliss-reactive ketones (excluding diaryl/α,β-unsaturated/α-hetero) is 3. The van der Waals surface area contributed by atoms with Crippen LogP contribution in [0.1, 0.15) is 67.4 Å². The molecule has 6 nitrogen and oxygen atoms in total. The van der Waals surface area contributed by atoms with Crippen LogP contribution in [0, 0.1) is 17.8 Å². The third kappa shape index (κ3) is 3.73. The highest BCUT2D eigenvalue weighted by Crippen LogP contribution is 2.39. The summed E-state index contributed by atoms with van der Waals surface area (Å²) < 4.78 is 1.85. The molecule has 25 heavy (non-hydrogen) atoms. The van der Waals surface area contributed by atoms with E-state index in [1.54, 1.807) is 13.3 Å². The Kier molecular flexibility index (Phi) is 5.18. The predicted molar refractivity (Wildman–Crippen MR) is 93.6 cm³/mol. The molecule has 0 radical (unpaired) electrons. The van der Waals surface area contributed by atoms with E-state index >= 15 is 0 Å². The number of piperidine rings is 1. The number of rotatable bonds is 5. The van der Waals surface area contributed by atoms with Crippen molar-refractivity contribution in [3.05, 3.63) is 17.7 Å². The van der Waals surface area contributed by atoms with Gasteiger partial charge in [0.25, 0.3) is 0 Å². The highest BCUT2D eigenvalue weighted by Gasteiger charge is 2.37.